The lowest BCUT2D eigenvalue weighted by atomic mass is 10.1. The SMILES string of the molecule is CNCCCN(C)S(=O)(=O)N(CCC(C)C)C1CC1. The van der Waals surface area contributed by atoms with Gasteiger partial charge in [-0.15, -0.1) is 0 Å². The van der Waals surface area contributed by atoms with Gasteiger partial charge < -0.3 is 5.32 Å². The van der Waals surface area contributed by atoms with Crippen LogP contribution in [0.5, 0.6) is 0 Å². The standard InChI is InChI=1S/C13H29N3O2S/c1-12(2)8-11-16(13-6-7-13)19(17,18)15(4)10-5-9-14-3/h12-14H,5-11H2,1-4H3. The first-order valence-corrected chi connectivity index (χ1v) is 8.67. The molecule has 5 nitrogen and oxygen atoms in total. The van der Waals surface area contributed by atoms with Gasteiger partial charge in [-0.25, -0.2) is 0 Å². The molecule has 0 unspecified atom stereocenters. The van der Waals surface area contributed by atoms with Gasteiger partial charge in [0, 0.05) is 26.2 Å². The van der Waals surface area contributed by atoms with Crippen molar-refractivity contribution in [3.63, 3.8) is 0 Å². The summed E-state index contributed by atoms with van der Waals surface area (Å²) in [6.45, 7) is 6.34. The van der Waals surface area contributed by atoms with Crippen LogP contribution in [-0.4, -0.2) is 56.8 Å². The van der Waals surface area contributed by atoms with Crippen molar-refractivity contribution in [1.29, 1.82) is 0 Å². The molecule has 1 aliphatic rings. The largest absolute Gasteiger partial charge is 0.320 e. The predicted molar refractivity (Wildman–Crippen MR) is 79.3 cm³/mol. The Bertz CT molecular complexity index is 353. The Hall–Kier alpha value is -0.170. The van der Waals surface area contributed by atoms with Crippen molar-refractivity contribution in [3.05, 3.63) is 0 Å². The van der Waals surface area contributed by atoms with Crippen molar-refractivity contribution in [1.82, 2.24) is 13.9 Å². The van der Waals surface area contributed by atoms with Gasteiger partial charge in [0.15, 0.2) is 0 Å². The Morgan fingerprint density at radius 3 is 2.37 bits per heavy atom. The van der Waals surface area contributed by atoms with Crippen LogP contribution >= 0.6 is 0 Å². The van der Waals surface area contributed by atoms with Crippen molar-refractivity contribution in [2.24, 2.45) is 5.92 Å². The molecule has 0 aromatic rings. The average Bonchev–Trinajstić information content (AvgIpc) is 3.13. The highest BCUT2D eigenvalue weighted by Crippen LogP contribution is 2.30. The number of nitrogens with one attached hydrogen (secondary N) is 1. The van der Waals surface area contributed by atoms with E-state index in [2.05, 4.69) is 19.2 Å². The average molecular weight is 291 g/mol. The van der Waals surface area contributed by atoms with E-state index in [1.165, 1.54) is 4.31 Å². The first-order valence-electron chi connectivity index (χ1n) is 7.27. The van der Waals surface area contributed by atoms with Gasteiger partial charge in [-0.2, -0.15) is 17.0 Å². The molecule has 0 amide bonds. The Morgan fingerprint density at radius 1 is 1.26 bits per heavy atom. The summed E-state index contributed by atoms with van der Waals surface area (Å²) in [6.07, 6.45) is 3.80. The van der Waals surface area contributed by atoms with E-state index in [-0.39, 0.29) is 6.04 Å². The molecule has 1 rings (SSSR count). The summed E-state index contributed by atoms with van der Waals surface area (Å²) in [4.78, 5) is 0. The zero-order chi connectivity index (χ0) is 14.5. The Morgan fingerprint density at radius 2 is 1.89 bits per heavy atom. The first-order chi connectivity index (χ1) is 8.89. The second-order valence-corrected chi connectivity index (χ2v) is 7.80. The fourth-order valence-corrected chi connectivity index (χ4v) is 3.65. The van der Waals surface area contributed by atoms with Crippen molar-refractivity contribution < 1.29 is 8.42 Å². The van der Waals surface area contributed by atoms with Gasteiger partial charge >= 0.3 is 0 Å². The minimum absolute atomic E-state index is 0.246. The zero-order valence-corrected chi connectivity index (χ0v) is 13.5. The normalized spacial score (nSPS) is 16.8. The van der Waals surface area contributed by atoms with Crippen molar-refractivity contribution in [3.8, 4) is 0 Å². The van der Waals surface area contributed by atoms with Gasteiger partial charge in [-0.3, -0.25) is 0 Å². The molecule has 0 saturated heterocycles. The summed E-state index contributed by atoms with van der Waals surface area (Å²) in [5.74, 6) is 0.533. The van der Waals surface area contributed by atoms with E-state index in [0.717, 1.165) is 32.2 Å². The van der Waals surface area contributed by atoms with Crippen LogP contribution < -0.4 is 5.32 Å². The number of hydrogen-bond acceptors (Lipinski definition) is 3. The van der Waals surface area contributed by atoms with Gasteiger partial charge in [0.1, 0.15) is 0 Å². The third-order valence-electron chi connectivity index (χ3n) is 3.47. The molecule has 0 heterocycles. The summed E-state index contributed by atoms with van der Waals surface area (Å²) in [5, 5.41) is 3.04. The lowest BCUT2D eigenvalue weighted by Crippen LogP contribution is -2.44. The molecule has 0 aromatic carbocycles. The summed E-state index contributed by atoms with van der Waals surface area (Å²) >= 11 is 0. The lowest BCUT2D eigenvalue weighted by Gasteiger charge is -2.28. The molecule has 0 radical (unpaired) electrons. The molecule has 1 N–H and O–H groups in total. The van der Waals surface area contributed by atoms with E-state index >= 15 is 0 Å². The summed E-state index contributed by atoms with van der Waals surface area (Å²) in [6, 6.07) is 0.246. The van der Waals surface area contributed by atoms with Crippen LogP contribution in [0.3, 0.4) is 0 Å². The summed E-state index contributed by atoms with van der Waals surface area (Å²) in [5.41, 5.74) is 0. The van der Waals surface area contributed by atoms with Crippen LogP contribution in [0.15, 0.2) is 0 Å². The summed E-state index contributed by atoms with van der Waals surface area (Å²) < 4.78 is 28.3. The van der Waals surface area contributed by atoms with Gasteiger partial charge in [0.25, 0.3) is 10.2 Å². The maximum atomic E-state index is 12.6. The minimum Gasteiger partial charge on any atom is -0.320 e. The maximum Gasteiger partial charge on any atom is 0.281 e. The molecule has 0 spiro atoms. The van der Waals surface area contributed by atoms with Crippen molar-refractivity contribution in [2.45, 2.75) is 45.6 Å². The van der Waals surface area contributed by atoms with E-state index < -0.39 is 10.2 Å². The molecule has 114 valence electrons. The van der Waals surface area contributed by atoms with Gasteiger partial charge in [0.05, 0.1) is 0 Å². The van der Waals surface area contributed by atoms with Gasteiger partial charge in [0.2, 0.25) is 0 Å². The van der Waals surface area contributed by atoms with Crippen LogP contribution in [0.2, 0.25) is 0 Å². The van der Waals surface area contributed by atoms with E-state index in [0.29, 0.717) is 19.0 Å². The Kier molecular flexibility index (Phi) is 6.73. The molecule has 0 bridgehead atoms. The highest BCUT2D eigenvalue weighted by Gasteiger charge is 2.38. The number of hydrogen-bond donors (Lipinski definition) is 1. The fourth-order valence-electron chi connectivity index (χ4n) is 2.01. The second kappa shape index (κ2) is 7.57. The van der Waals surface area contributed by atoms with Crippen LogP contribution in [-0.2, 0) is 10.2 Å². The van der Waals surface area contributed by atoms with Crippen LogP contribution in [0.1, 0.15) is 39.5 Å². The lowest BCUT2D eigenvalue weighted by molar-refractivity contribution is 0.333. The van der Waals surface area contributed by atoms with Crippen LogP contribution in [0.4, 0.5) is 0 Å². The highest BCUT2D eigenvalue weighted by molar-refractivity contribution is 7.86. The smallest absolute Gasteiger partial charge is 0.281 e. The quantitative estimate of drug-likeness (QED) is 0.617. The highest BCUT2D eigenvalue weighted by atomic mass is 32.2. The topological polar surface area (TPSA) is 52.7 Å². The van der Waals surface area contributed by atoms with Crippen LogP contribution in [0, 0.1) is 5.92 Å². The molecule has 1 aliphatic carbocycles. The molecule has 19 heavy (non-hydrogen) atoms. The third kappa shape index (κ3) is 5.38. The zero-order valence-electron chi connectivity index (χ0n) is 12.7. The van der Waals surface area contributed by atoms with Crippen molar-refractivity contribution in [2.75, 3.05) is 33.7 Å². The van der Waals surface area contributed by atoms with Crippen molar-refractivity contribution >= 4 is 10.2 Å². The molecular weight excluding hydrogens is 262 g/mol. The Balaban J connectivity index is 2.59. The molecule has 6 heteroatoms. The second-order valence-electron chi connectivity index (χ2n) is 5.81. The molecule has 1 saturated carbocycles. The maximum absolute atomic E-state index is 12.6. The minimum atomic E-state index is -3.28. The number of nitrogens with zero attached hydrogens (tertiary/aromatic N) is 2. The molecule has 0 aromatic heterocycles. The Labute approximate surface area is 118 Å². The van der Waals surface area contributed by atoms with Gasteiger partial charge in [-0.1, -0.05) is 13.8 Å². The monoisotopic (exact) mass is 291 g/mol. The summed E-state index contributed by atoms with van der Waals surface area (Å²) in [7, 11) is 0.298. The van der Waals surface area contributed by atoms with E-state index in [4.69, 9.17) is 0 Å². The molecule has 0 aliphatic heterocycles. The first kappa shape index (κ1) is 16.9. The predicted octanol–water partition coefficient (Wildman–Crippen LogP) is 1.28. The van der Waals surface area contributed by atoms with E-state index in [1.54, 1.807) is 11.4 Å². The molecule has 1 fully saturated rings. The third-order valence-corrected chi connectivity index (χ3v) is 5.51. The fraction of sp³-hybridized carbons (Fsp3) is 1.00. The molecule has 0 atom stereocenters. The number of rotatable bonds is 10. The van der Waals surface area contributed by atoms with Gasteiger partial charge in [-0.05, 0) is 45.2 Å². The molecular formula is C13H29N3O2S. The van der Waals surface area contributed by atoms with E-state index in [9.17, 15) is 8.42 Å². The van der Waals surface area contributed by atoms with Crippen LogP contribution in [0.25, 0.3) is 0 Å². The van der Waals surface area contributed by atoms with E-state index in [1.807, 2.05) is 7.05 Å².